The molecule has 0 aliphatic heterocycles. The Morgan fingerprint density at radius 2 is 1.69 bits per heavy atom. The van der Waals surface area contributed by atoms with Crippen molar-refractivity contribution in [3.8, 4) is 22.5 Å². The van der Waals surface area contributed by atoms with Crippen LogP contribution in [-0.2, 0) is 13.6 Å². The Hall–Kier alpha value is -2.79. The maximum atomic E-state index is 11.5. The average molecular weight is 369 g/mol. The highest BCUT2D eigenvalue weighted by Gasteiger charge is 2.09. The lowest BCUT2D eigenvalue weighted by molar-refractivity contribution is 0.241. The van der Waals surface area contributed by atoms with E-state index in [1.54, 1.807) is 0 Å². The van der Waals surface area contributed by atoms with Crippen LogP contribution in [0.3, 0.4) is 0 Å². The van der Waals surface area contributed by atoms with Crippen LogP contribution in [0.25, 0.3) is 22.5 Å². The highest BCUT2D eigenvalue weighted by molar-refractivity contribution is 6.30. The molecule has 0 saturated carbocycles. The van der Waals surface area contributed by atoms with Crippen LogP contribution in [-0.4, -0.2) is 22.4 Å². The monoisotopic (exact) mass is 368 g/mol. The lowest BCUT2D eigenvalue weighted by Gasteiger charge is -2.06. The van der Waals surface area contributed by atoms with Gasteiger partial charge >= 0.3 is 6.03 Å². The Morgan fingerprint density at radius 1 is 1.04 bits per heavy atom. The number of benzene rings is 2. The third-order valence-corrected chi connectivity index (χ3v) is 4.31. The summed E-state index contributed by atoms with van der Waals surface area (Å²) in [4.78, 5) is 11.5. The second-order valence-electron chi connectivity index (χ2n) is 5.96. The van der Waals surface area contributed by atoms with Gasteiger partial charge in [0.2, 0.25) is 0 Å². The van der Waals surface area contributed by atoms with Gasteiger partial charge in [0.15, 0.2) is 0 Å². The summed E-state index contributed by atoms with van der Waals surface area (Å²) in [5, 5.41) is 10.9. The van der Waals surface area contributed by atoms with Crippen LogP contribution in [0.1, 0.15) is 12.5 Å². The predicted octanol–water partition coefficient (Wildman–Crippen LogP) is 4.23. The maximum absolute atomic E-state index is 11.5. The van der Waals surface area contributed by atoms with E-state index in [4.69, 9.17) is 11.6 Å². The number of hydrogen-bond donors (Lipinski definition) is 2. The van der Waals surface area contributed by atoms with E-state index >= 15 is 0 Å². The van der Waals surface area contributed by atoms with Crippen LogP contribution in [0.5, 0.6) is 0 Å². The molecular weight excluding hydrogens is 348 g/mol. The first-order valence-electron chi connectivity index (χ1n) is 8.48. The van der Waals surface area contributed by atoms with Gasteiger partial charge in [-0.1, -0.05) is 48.0 Å². The number of amides is 2. The quantitative estimate of drug-likeness (QED) is 0.708. The number of rotatable bonds is 5. The molecule has 2 amide bonds. The number of nitrogens with zero attached hydrogens (tertiary/aromatic N) is 2. The summed E-state index contributed by atoms with van der Waals surface area (Å²) in [6, 6.07) is 17.7. The maximum Gasteiger partial charge on any atom is 0.315 e. The fourth-order valence-electron chi connectivity index (χ4n) is 2.70. The van der Waals surface area contributed by atoms with E-state index < -0.39 is 0 Å². The predicted molar refractivity (Wildman–Crippen MR) is 105 cm³/mol. The molecule has 0 fully saturated rings. The van der Waals surface area contributed by atoms with Crippen LogP contribution >= 0.6 is 11.6 Å². The second-order valence-corrected chi connectivity index (χ2v) is 6.39. The molecule has 3 rings (SSSR count). The molecule has 5 nitrogen and oxygen atoms in total. The summed E-state index contributed by atoms with van der Waals surface area (Å²) in [5.41, 5.74) is 5.06. The van der Waals surface area contributed by atoms with Crippen molar-refractivity contribution in [1.29, 1.82) is 0 Å². The molecular formula is C20H21ClN4O. The Kier molecular flexibility index (Phi) is 5.58. The molecule has 3 aromatic rings. The minimum atomic E-state index is -0.158. The van der Waals surface area contributed by atoms with Gasteiger partial charge < -0.3 is 10.6 Å². The van der Waals surface area contributed by atoms with Crippen LogP contribution < -0.4 is 10.6 Å². The van der Waals surface area contributed by atoms with Gasteiger partial charge in [0, 0.05) is 30.7 Å². The van der Waals surface area contributed by atoms with Gasteiger partial charge in [-0.3, -0.25) is 4.68 Å². The third kappa shape index (κ3) is 4.24. The smallest absolute Gasteiger partial charge is 0.315 e. The van der Waals surface area contributed by atoms with Gasteiger partial charge in [-0.2, -0.15) is 5.10 Å². The van der Waals surface area contributed by atoms with Gasteiger partial charge in [0.1, 0.15) is 0 Å². The summed E-state index contributed by atoms with van der Waals surface area (Å²) in [5.74, 6) is 0. The minimum Gasteiger partial charge on any atom is -0.338 e. The fraction of sp³-hybridized carbons (Fsp3) is 0.200. The Morgan fingerprint density at radius 3 is 2.35 bits per heavy atom. The Labute approximate surface area is 158 Å². The van der Waals surface area contributed by atoms with Gasteiger partial charge in [0.25, 0.3) is 0 Å². The molecule has 0 aliphatic rings. The molecule has 1 aromatic heterocycles. The average Bonchev–Trinajstić information content (AvgIpc) is 3.03. The van der Waals surface area contributed by atoms with E-state index in [2.05, 4.69) is 21.8 Å². The van der Waals surface area contributed by atoms with Gasteiger partial charge in [-0.25, -0.2) is 4.79 Å². The fourth-order valence-corrected chi connectivity index (χ4v) is 2.82. The van der Waals surface area contributed by atoms with Crippen molar-refractivity contribution in [3.05, 3.63) is 65.2 Å². The first kappa shape index (κ1) is 18.0. The first-order chi connectivity index (χ1) is 12.6. The number of urea groups is 1. The zero-order valence-electron chi connectivity index (χ0n) is 14.8. The van der Waals surface area contributed by atoms with E-state index in [1.807, 2.05) is 67.2 Å². The van der Waals surface area contributed by atoms with E-state index in [0.29, 0.717) is 18.1 Å². The van der Waals surface area contributed by atoms with Gasteiger partial charge in [-0.05, 0) is 36.2 Å². The summed E-state index contributed by atoms with van der Waals surface area (Å²) >= 11 is 5.96. The van der Waals surface area contributed by atoms with E-state index in [1.165, 1.54) is 0 Å². The van der Waals surface area contributed by atoms with E-state index in [9.17, 15) is 4.79 Å². The van der Waals surface area contributed by atoms with Crippen LogP contribution in [0.2, 0.25) is 5.02 Å². The molecule has 0 radical (unpaired) electrons. The van der Waals surface area contributed by atoms with Crippen molar-refractivity contribution in [2.45, 2.75) is 13.5 Å². The molecule has 0 bridgehead atoms. The van der Waals surface area contributed by atoms with Crippen molar-refractivity contribution < 1.29 is 4.79 Å². The molecule has 26 heavy (non-hydrogen) atoms. The highest BCUT2D eigenvalue weighted by atomic mass is 35.5. The zero-order valence-corrected chi connectivity index (χ0v) is 15.5. The van der Waals surface area contributed by atoms with Crippen LogP contribution in [0, 0.1) is 0 Å². The van der Waals surface area contributed by atoms with Crippen molar-refractivity contribution in [2.24, 2.45) is 7.05 Å². The SMILES string of the molecule is CCNC(=O)NCc1ccc(-c2cc(-c3ccc(Cl)cc3)n(C)n2)cc1. The Balaban J connectivity index is 1.74. The van der Waals surface area contributed by atoms with Crippen molar-refractivity contribution in [3.63, 3.8) is 0 Å². The zero-order chi connectivity index (χ0) is 18.5. The minimum absolute atomic E-state index is 0.158. The molecule has 0 spiro atoms. The number of carbonyl (C=O) groups excluding carboxylic acids is 1. The number of nitrogens with one attached hydrogen (secondary N) is 2. The third-order valence-electron chi connectivity index (χ3n) is 4.06. The van der Waals surface area contributed by atoms with E-state index in [-0.39, 0.29) is 6.03 Å². The van der Waals surface area contributed by atoms with Crippen molar-refractivity contribution in [1.82, 2.24) is 20.4 Å². The molecule has 2 aromatic carbocycles. The lowest BCUT2D eigenvalue weighted by atomic mass is 10.1. The molecule has 0 aliphatic carbocycles. The van der Waals surface area contributed by atoms with Crippen LogP contribution in [0.4, 0.5) is 4.79 Å². The topological polar surface area (TPSA) is 59.0 Å². The standard InChI is InChI=1S/C20H21ClN4O/c1-3-22-20(26)23-13-14-4-6-15(7-5-14)18-12-19(25(2)24-18)16-8-10-17(21)11-9-16/h4-12H,3,13H2,1-2H3,(H2,22,23,26). The molecule has 6 heteroatoms. The van der Waals surface area contributed by atoms with E-state index in [0.717, 1.165) is 28.1 Å². The number of hydrogen-bond acceptors (Lipinski definition) is 2. The largest absolute Gasteiger partial charge is 0.338 e. The first-order valence-corrected chi connectivity index (χ1v) is 8.85. The van der Waals surface area contributed by atoms with Crippen molar-refractivity contribution >= 4 is 17.6 Å². The summed E-state index contributed by atoms with van der Waals surface area (Å²) < 4.78 is 1.86. The van der Waals surface area contributed by atoms with Crippen LogP contribution in [0.15, 0.2) is 54.6 Å². The molecule has 134 valence electrons. The number of aryl methyl sites for hydroxylation is 1. The summed E-state index contributed by atoms with van der Waals surface area (Å²) in [7, 11) is 1.93. The number of aromatic nitrogens is 2. The Bertz CT molecular complexity index is 885. The molecule has 1 heterocycles. The second kappa shape index (κ2) is 8.06. The molecule has 0 unspecified atom stereocenters. The highest BCUT2D eigenvalue weighted by Crippen LogP contribution is 2.26. The lowest BCUT2D eigenvalue weighted by Crippen LogP contribution is -2.34. The van der Waals surface area contributed by atoms with Crippen molar-refractivity contribution in [2.75, 3.05) is 6.54 Å². The summed E-state index contributed by atoms with van der Waals surface area (Å²) in [6.45, 7) is 2.99. The molecule has 2 N–H and O–H groups in total. The summed E-state index contributed by atoms with van der Waals surface area (Å²) in [6.07, 6.45) is 0. The number of halogens is 1. The normalized spacial score (nSPS) is 10.6. The number of carbonyl (C=O) groups is 1. The molecule has 0 saturated heterocycles. The molecule has 0 atom stereocenters. The van der Waals surface area contributed by atoms with Gasteiger partial charge in [-0.15, -0.1) is 0 Å². The van der Waals surface area contributed by atoms with Gasteiger partial charge in [0.05, 0.1) is 11.4 Å².